The minimum atomic E-state index is -0.820. The van der Waals surface area contributed by atoms with E-state index in [9.17, 15) is 14.4 Å². The summed E-state index contributed by atoms with van der Waals surface area (Å²) >= 11 is 4.75. The molecule has 2 aromatic carbocycles. The van der Waals surface area contributed by atoms with Crippen LogP contribution in [0.2, 0.25) is 0 Å². The van der Waals surface area contributed by atoms with Gasteiger partial charge in [0, 0.05) is 21.7 Å². The molecular formula is C33H31BrN2O7S. The number of nitrogens with zero attached hydrogens (tertiary/aromatic N) is 2. The van der Waals surface area contributed by atoms with E-state index in [0.717, 1.165) is 10.9 Å². The maximum atomic E-state index is 14.1. The van der Waals surface area contributed by atoms with Crippen LogP contribution in [0, 0.1) is 0 Å². The lowest BCUT2D eigenvalue weighted by Gasteiger charge is -2.27. The molecule has 0 aliphatic carbocycles. The summed E-state index contributed by atoms with van der Waals surface area (Å²) < 4.78 is 25.0. The number of hydrogen-bond acceptors (Lipinski definition) is 9. The highest BCUT2D eigenvalue weighted by Gasteiger charge is 2.36. The predicted molar refractivity (Wildman–Crippen MR) is 170 cm³/mol. The lowest BCUT2D eigenvalue weighted by atomic mass is 9.93. The van der Waals surface area contributed by atoms with Gasteiger partial charge in [0.25, 0.3) is 5.56 Å². The maximum absolute atomic E-state index is 14.1. The van der Waals surface area contributed by atoms with Gasteiger partial charge in [-0.1, -0.05) is 52.7 Å². The second-order valence-electron chi connectivity index (χ2n) is 9.80. The fourth-order valence-corrected chi connectivity index (χ4v) is 6.44. The minimum absolute atomic E-state index is 0.179. The van der Waals surface area contributed by atoms with E-state index in [4.69, 9.17) is 23.6 Å². The summed E-state index contributed by atoms with van der Waals surface area (Å²) in [6.45, 7) is 5.96. The number of carbonyl (C=O) groups is 2. The average Bonchev–Trinajstić information content (AvgIpc) is 3.61. The van der Waals surface area contributed by atoms with Crippen LogP contribution in [0.5, 0.6) is 5.75 Å². The number of esters is 2. The molecule has 0 bridgehead atoms. The molecule has 4 aromatic rings. The number of benzene rings is 2. The van der Waals surface area contributed by atoms with Gasteiger partial charge in [-0.15, -0.1) is 0 Å². The van der Waals surface area contributed by atoms with Gasteiger partial charge in [-0.3, -0.25) is 9.36 Å². The maximum Gasteiger partial charge on any atom is 0.338 e. The number of methoxy groups -OCH3 is 1. The van der Waals surface area contributed by atoms with Crippen molar-refractivity contribution in [2.75, 3.05) is 20.3 Å². The largest absolute Gasteiger partial charge is 0.496 e. The Kier molecular flexibility index (Phi) is 9.65. The van der Waals surface area contributed by atoms with Gasteiger partial charge in [0.1, 0.15) is 23.3 Å². The van der Waals surface area contributed by atoms with Crippen molar-refractivity contribution in [1.29, 1.82) is 0 Å². The highest BCUT2D eigenvalue weighted by atomic mass is 79.9. The first-order valence-corrected chi connectivity index (χ1v) is 15.8. The molecule has 0 spiro atoms. The molecule has 11 heteroatoms. The third-order valence-corrected chi connectivity index (χ3v) is 8.41. The van der Waals surface area contributed by atoms with Crippen molar-refractivity contribution in [1.82, 2.24) is 4.57 Å². The number of rotatable bonds is 10. The Morgan fingerprint density at radius 3 is 2.55 bits per heavy atom. The van der Waals surface area contributed by atoms with Crippen LogP contribution in [0.15, 0.2) is 84.5 Å². The Hall–Kier alpha value is -4.22. The van der Waals surface area contributed by atoms with Crippen LogP contribution in [0.4, 0.5) is 0 Å². The van der Waals surface area contributed by atoms with Crippen molar-refractivity contribution in [2.24, 2.45) is 4.99 Å². The van der Waals surface area contributed by atoms with Crippen molar-refractivity contribution >= 4 is 45.3 Å². The van der Waals surface area contributed by atoms with E-state index < -0.39 is 18.0 Å². The molecule has 9 nitrogen and oxygen atoms in total. The van der Waals surface area contributed by atoms with Crippen LogP contribution in [0.1, 0.15) is 61.3 Å². The first-order valence-electron chi connectivity index (χ1n) is 14.2. The average molecular weight is 680 g/mol. The third kappa shape index (κ3) is 6.20. The normalized spacial score (nSPS) is 14.7. The number of allylic oxidation sites excluding steroid dienone is 1. The SMILES string of the molecule is CCCC1=C(C(=O)OCC)[C@H](c2cc(Br)ccc2OC)n2c(s/c(=C/c3ccc(-c4cccc(C(=O)OCC)c4)o3)c2=O)=N1. The number of furan rings is 1. The number of hydrogen-bond donors (Lipinski definition) is 0. The number of fused-ring (bicyclic) bond motifs is 1. The van der Waals surface area contributed by atoms with Gasteiger partial charge in [0.2, 0.25) is 0 Å². The lowest BCUT2D eigenvalue weighted by molar-refractivity contribution is -0.139. The summed E-state index contributed by atoms with van der Waals surface area (Å²) in [5.41, 5.74) is 2.29. The Morgan fingerprint density at radius 2 is 1.82 bits per heavy atom. The first-order chi connectivity index (χ1) is 21.3. The molecule has 0 fully saturated rings. The predicted octanol–water partition coefficient (Wildman–Crippen LogP) is 5.79. The zero-order valence-electron chi connectivity index (χ0n) is 24.7. The van der Waals surface area contributed by atoms with Crippen molar-refractivity contribution in [2.45, 2.75) is 39.7 Å². The summed E-state index contributed by atoms with van der Waals surface area (Å²) in [6.07, 6.45) is 2.93. The number of halogens is 1. The standard InChI is InChI=1S/C33H31BrN2O7S/c1-5-9-24-28(32(39)42-7-3)29(23-17-21(34)12-14-26(23)40-4)36-30(37)27(44-33(36)35-24)18-22-13-15-25(43-22)19-10-8-11-20(16-19)31(38)41-6-2/h8,10-18,29H,5-7,9H2,1-4H3/b27-18+/t29-/m0/s1. The molecule has 1 atom stereocenters. The molecule has 2 aromatic heterocycles. The Bertz CT molecular complexity index is 1940. The fourth-order valence-electron chi connectivity index (χ4n) is 5.06. The Morgan fingerprint density at radius 1 is 1.05 bits per heavy atom. The highest BCUT2D eigenvalue weighted by Crippen LogP contribution is 2.38. The second-order valence-corrected chi connectivity index (χ2v) is 11.7. The molecule has 0 N–H and O–H groups in total. The molecule has 44 heavy (non-hydrogen) atoms. The van der Waals surface area contributed by atoms with Gasteiger partial charge < -0.3 is 18.6 Å². The van der Waals surface area contributed by atoms with Gasteiger partial charge in [-0.2, -0.15) is 0 Å². The first kappa shape index (κ1) is 31.2. The molecule has 0 radical (unpaired) electrons. The Labute approximate surface area is 266 Å². The molecule has 5 rings (SSSR count). The van der Waals surface area contributed by atoms with E-state index in [0.29, 0.717) is 61.0 Å². The van der Waals surface area contributed by atoms with Crippen LogP contribution in [-0.4, -0.2) is 36.8 Å². The smallest absolute Gasteiger partial charge is 0.338 e. The van der Waals surface area contributed by atoms with Gasteiger partial charge >= 0.3 is 11.9 Å². The summed E-state index contributed by atoms with van der Waals surface area (Å²) in [4.78, 5) is 45.0. The molecule has 0 saturated carbocycles. The highest BCUT2D eigenvalue weighted by molar-refractivity contribution is 9.10. The lowest BCUT2D eigenvalue weighted by Crippen LogP contribution is -2.40. The number of aromatic nitrogens is 1. The second kappa shape index (κ2) is 13.6. The van der Waals surface area contributed by atoms with Crippen LogP contribution in [0.3, 0.4) is 0 Å². The van der Waals surface area contributed by atoms with Crippen LogP contribution in [-0.2, 0) is 14.3 Å². The molecule has 228 valence electrons. The third-order valence-electron chi connectivity index (χ3n) is 6.94. The van der Waals surface area contributed by atoms with Crippen molar-refractivity contribution in [3.63, 3.8) is 0 Å². The van der Waals surface area contributed by atoms with E-state index in [1.54, 1.807) is 63.4 Å². The monoisotopic (exact) mass is 678 g/mol. The van der Waals surface area contributed by atoms with Crippen molar-refractivity contribution in [3.05, 3.63) is 107 Å². The summed E-state index contributed by atoms with van der Waals surface area (Å²) in [6, 6.07) is 15.2. The zero-order valence-corrected chi connectivity index (χ0v) is 27.1. The van der Waals surface area contributed by atoms with E-state index in [2.05, 4.69) is 15.9 Å². The molecule has 1 aliphatic rings. The van der Waals surface area contributed by atoms with E-state index in [1.807, 2.05) is 25.1 Å². The van der Waals surface area contributed by atoms with Gasteiger partial charge in [-0.05, 0) is 62.7 Å². The van der Waals surface area contributed by atoms with E-state index in [-0.39, 0.29) is 18.8 Å². The van der Waals surface area contributed by atoms with Gasteiger partial charge in [0.05, 0.1) is 41.7 Å². The summed E-state index contributed by atoms with van der Waals surface area (Å²) in [7, 11) is 1.55. The van der Waals surface area contributed by atoms with E-state index >= 15 is 0 Å². The van der Waals surface area contributed by atoms with Crippen molar-refractivity contribution in [3.8, 4) is 17.1 Å². The van der Waals surface area contributed by atoms with Gasteiger partial charge in [-0.25, -0.2) is 14.6 Å². The minimum Gasteiger partial charge on any atom is -0.496 e. The molecule has 1 aliphatic heterocycles. The van der Waals surface area contributed by atoms with Gasteiger partial charge in [0.15, 0.2) is 4.80 Å². The summed E-state index contributed by atoms with van der Waals surface area (Å²) in [5, 5.41) is 0. The van der Waals surface area contributed by atoms with E-state index in [1.165, 1.54) is 15.9 Å². The summed E-state index contributed by atoms with van der Waals surface area (Å²) in [5.74, 6) is 0.557. The molecule has 0 amide bonds. The molecule has 3 heterocycles. The Balaban J connectivity index is 1.65. The van der Waals surface area contributed by atoms with Crippen LogP contribution >= 0.6 is 27.3 Å². The van der Waals surface area contributed by atoms with Crippen molar-refractivity contribution < 1.29 is 28.2 Å². The topological polar surface area (TPSA) is 109 Å². The molecule has 0 saturated heterocycles. The number of ether oxygens (including phenoxy) is 3. The molecule has 0 unspecified atom stereocenters. The molecular weight excluding hydrogens is 648 g/mol. The quantitative estimate of drug-likeness (QED) is 0.196. The number of carbonyl (C=O) groups excluding carboxylic acids is 2. The number of thiazole rings is 1. The fraction of sp³-hybridized carbons (Fsp3) is 0.273. The van der Waals surface area contributed by atoms with Crippen LogP contribution < -0.4 is 19.6 Å². The van der Waals surface area contributed by atoms with Crippen LogP contribution in [0.25, 0.3) is 17.4 Å². The zero-order chi connectivity index (χ0) is 31.4.